The summed E-state index contributed by atoms with van der Waals surface area (Å²) in [5.41, 5.74) is 2.28. The lowest BCUT2D eigenvalue weighted by Crippen LogP contribution is -2.36. The molecule has 2 heterocycles. The van der Waals surface area contributed by atoms with Gasteiger partial charge in [0.15, 0.2) is 17.2 Å². The van der Waals surface area contributed by atoms with E-state index in [2.05, 4.69) is 15.2 Å². The van der Waals surface area contributed by atoms with Gasteiger partial charge in [0.2, 0.25) is 23.2 Å². The number of anilines is 1. The molecule has 0 radical (unpaired) electrons. The van der Waals surface area contributed by atoms with Gasteiger partial charge in [-0.1, -0.05) is 23.4 Å². The molecule has 0 saturated carbocycles. The molecule has 1 aromatic heterocycles. The molecule has 0 saturated heterocycles. The van der Waals surface area contributed by atoms with E-state index in [9.17, 15) is 4.79 Å². The molecule has 10 heteroatoms. The molecule has 0 bridgehead atoms. The Morgan fingerprint density at radius 3 is 2.72 bits per heavy atom. The van der Waals surface area contributed by atoms with Gasteiger partial charge in [0.05, 0.1) is 19.4 Å². The fourth-order valence-corrected chi connectivity index (χ4v) is 3.96. The van der Waals surface area contributed by atoms with E-state index >= 15 is 0 Å². The molecule has 1 atom stereocenters. The van der Waals surface area contributed by atoms with E-state index in [0.29, 0.717) is 50.8 Å². The summed E-state index contributed by atoms with van der Waals surface area (Å²) in [5.74, 6) is 1.16. The minimum atomic E-state index is -0.829. The van der Waals surface area contributed by atoms with E-state index in [4.69, 9.17) is 25.8 Å². The maximum atomic E-state index is 12.9. The number of ether oxygens (including phenoxy) is 3. The van der Waals surface area contributed by atoms with Crippen molar-refractivity contribution in [1.82, 2.24) is 15.2 Å². The summed E-state index contributed by atoms with van der Waals surface area (Å²) in [6, 6.07) is 10.6. The van der Waals surface area contributed by atoms with Gasteiger partial charge in [0, 0.05) is 23.1 Å². The third-order valence-corrected chi connectivity index (χ3v) is 5.63. The molecule has 32 heavy (non-hydrogen) atoms. The molecule has 0 N–H and O–H groups in total. The number of amides is 1. The first-order chi connectivity index (χ1) is 15.5. The van der Waals surface area contributed by atoms with Crippen LogP contribution in [0.15, 0.2) is 41.6 Å². The van der Waals surface area contributed by atoms with Crippen LogP contribution < -0.4 is 19.1 Å². The fourth-order valence-electron chi connectivity index (χ4n) is 3.49. The SMILES string of the molecule is CCOc1ccc([C@@H]2Oc3nc(SC)nnc3-c3cc(Cl)ccc3N2C(C)=O)cc1OC. The standard InChI is InChI=1S/C22H21ClN4O4S/c1-5-30-17-9-6-13(10-18(17)29-3)21-27(12(2)28)16-8-7-14(23)11-15(16)19-20(31-21)24-22(32-4)26-25-19/h6-11,21H,5H2,1-4H3/t21-/m0/s1. The molecule has 0 aliphatic carbocycles. The van der Waals surface area contributed by atoms with Crippen LogP contribution in [0.25, 0.3) is 11.3 Å². The second-order valence-corrected chi connectivity index (χ2v) is 8.03. The number of halogens is 1. The summed E-state index contributed by atoms with van der Waals surface area (Å²) in [6.07, 6.45) is 1.02. The summed E-state index contributed by atoms with van der Waals surface area (Å²) in [6.45, 7) is 3.87. The minimum absolute atomic E-state index is 0.225. The molecule has 0 spiro atoms. The largest absolute Gasteiger partial charge is 0.493 e. The summed E-state index contributed by atoms with van der Waals surface area (Å²) in [4.78, 5) is 18.9. The van der Waals surface area contributed by atoms with Crippen LogP contribution >= 0.6 is 23.4 Å². The molecule has 0 unspecified atom stereocenters. The molecular weight excluding hydrogens is 452 g/mol. The van der Waals surface area contributed by atoms with Crippen LogP contribution in [0.2, 0.25) is 5.02 Å². The minimum Gasteiger partial charge on any atom is -0.493 e. The van der Waals surface area contributed by atoms with Crippen molar-refractivity contribution in [2.75, 3.05) is 24.9 Å². The van der Waals surface area contributed by atoms with Crippen molar-refractivity contribution < 1.29 is 19.0 Å². The van der Waals surface area contributed by atoms with Gasteiger partial charge in [-0.15, -0.1) is 10.2 Å². The Morgan fingerprint density at radius 1 is 1.22 bits per heavy atom. The predicted molar refractivity (Wildman–Crippen MR) is 123 cm³/mol. The van der Waals surface area contributed by atoms with Gasteiger partial charge in [-0.2, -0.15) is 4.98 Å². The number of carbonyl (C=O) groups is 1. The average molecular weight is 473 g/mol. The van der Waals surface area contributed by atoms with Crippen LogP contribution in [-0.4, -0.2) is 41.1 Å². The third-order valence-electron chi connectivity index (χ3n) is 4.86. The van der Waals surface area contributed by atoms with Gasteiger partial charge < -0.3 is 14.2 Å². The molecule has 1 aliphatic rings. The zero-order valence-corrected chi connectivity index (χ0v) is 19.5. The maximum Gasteiger partial charge on any atom is 0.247 e. The predicted octanol–water partition coefficient (Wildman–Crippen LogP) is 4.77. The number of rotatable bonds is 5. The molecule has 1 amide bonds. The van der Waals surface area contributed by atoms with Crippen molar-refractivity contribution in [1.29, 1.82) is 0 Å². The highest BCUT2D eigenvalue weighted by Gasteiger charge is 2.35. The van der Waals surface area contributed by atoms with Gasteiger partial charge in [-0.25, -0.2) is 0 Å². The van der Waals surface area contributed by atoms with E-state index in [1.54, 1.807) is 42.3 Å². The molecule has 3 aromatic rings. The summed E-state index contributed by atoms with van der Waals surface area (Å²) < 4.78 is 17.5. The Morgan fingerprint density at radius 2 is 2.03 bits per heavy atom. The first kappa shape index (κ1) is 22.2. The average Bonchev–Trinajstić information content (AvgIpc) is 2.93. The van der Waals surface area contributed by atoms with E-state index in [1.165, 1.54) is 18.7 Å². The molecular formula is C22H21ClN4O4S. The molecule has 4 rings (SSSR count). The highest BCUT2D eigenvalue weighted by atomic mass is 35.5. The second kappa shape index (κ2) is 9.22. The number of aromatic nitrogens is 3. The summed E-state index contributed by atoms with van der Waals surface area (Å²) >= 11 is 7.62. The smallest absolute Gasteiger partial charge is 0.247 e. The fraction of sp³-hybridized carbons (Fsp3) is 0.273. The van der Waals surface area contributed by atoms with E-state index in [-0.39, 0.29) is 11.8 Å². The number of benzene rings is 2. The number of fused-ring (bicyclic) bond motifs is 3. The lowest BCUT2D eigenvalue weighted by Gasteiger charge is -2.30. The Labute approximate surface area is 194 Å². The van der Waals surface area contributed by atoms with Gasteiger partial charge in [0.25, 0.3) is 0 Å². The Hall–Kier alpha value is -3.04. The van der Waals surface area contributed by atoms with Crippen LogP contribution in [0.1, 0.15) is 25.6 Å². The molecule has 166 valence electrons. The van der Waals surface area contributed by atoms with Crippen molar-refractivity contribution in [3.8, 4) is 28.6 Å². The number of nitrogens with zero attached hydrogens (tertiary/aromatic N) is 4. The zero-order chi connectivity index (χ0) is 22.8. The van der Waals surface area contributed by atoms with Gasteiger partial charge in [-0.3, -0.25) is 9.69 Å². The lowest BCUT2D eigenvalue weighted by molar-refractivity contribution is -0.118. The summed E-state index contributed by atoms with van der Waals surface area (Å²) in [5, 5.41) is 9.42. The van der Waals surface area contributed by atoms with E-state index < -0.39 is 6.23 Å². The highest BCUT2D eigenvalue weighted by Crippen LogP contribution is 2.45. The molecule has 0 fully saturated rings. The van der Waals surface area contributed by atoms with Crippen molar-refractivity contribution in [3.05, 3.63) is 47.0 Å². The Kier molecular flexibility index (Phi) is 6.38. The van der Waals surface area contributed by atoms with E-state index in [1.807, 2.05) is 19.2 Å². The lowest BCUT2D eigenvalue weighted by atomic mass is 10.1. The van der Waals surface area contributed by atoms with Crippen molar-refractivity contribution >= 4 is 35.0 Å². The van der Waals surface area contributed by atoms with Crippen LogP contribution in [0.5, 0.6) is 17.4 Å². The number of carbonyl (C=O) groups excluding carboxylic acids is 1. The van der Waals surface area contributed by atoms with Crippen LogP contribution in [0.4, 0.5) is 5.69 Å². The first-order valence-corrected chi connectivity index (χ1v) is 11.4. The van der Waals surface area contributed by atoms with Crippen LogP contribution in [-0.2, 0) is 4.79 Å². The van der Waals surface area contributed by atoms with E-state index in [0.717, 1.165) is 0 Å². The van der Waals surface area contributed by atoms with Crippen LogP contribution in [0, 0.1) is 0 Å². The maximum absolute atomic E-state index is 12.9. The number of thioether (sulfide) groups is 1. The summed E-state index contributed by atoms with van der Waals surface area (Å²) in [7, 11) is 1.56. The van der Waals surface area contributed by atoms with Crippen molar-refractivity contribution in [3.63, 3.8) is 0 Å². The quantitative estimate of drug-likeness (QED) is 0.491. The zero-order valence-electron chi connectivity index (χ0n) is 18.0. The number of hydrogen-bond acceptors (Lipinski definition) is 8. The van der Waals surface area contributed by atoms with Crippen LogP contribution in [0.3, 0.4) is 0 Å². The van der Waals surface area contributed by atoms with Crippen molar-refractivity contribution in [2.45, 2.75) is 25.2 Å². The first-order valence-electron chi connectivity index (χ1n) is 9.82. The number of methoxy groups -OCH3 is 1. The van der Waals surface area contributed by atoms with Crippen molar-refractivity contribution in [2.24, 2.45) is 0 Å². The number of hydrogen-bond donors (Lipinski definition) is 0. The Balaban J connectivity index is 1.94. The highest BCUT2D eigenvalue weighted by molar-refractivity contribution is 7.98. The molecule has 1 aliphatic heterocycles. The van der Waals surface area contributed by atoms with Gasteiger partial charge in [0.1, 0.15) is 0 Å². The molecule has 8 nitrogen and oxygen atoms in total. The normalized spacial score (nSPS) is 14.7. The molecule has 2 aromatic carbocycles. The Bertz CT molecular complexity index is 1180. The second-order valence-electron chi connectivity index (χ2n) is 6.82. The van der Waals surface area contributed by atoms with Gasteiger partial charge >= 0.3 is 0 Å². The monoisotopic (exact) mass is 472 g/mol. The van der Waals surface area contributed by atoms with Gasteiger partial charge in [-0.05, 0) is 49.6 Å². The third kappa shape index (κ3) is 4.05. The topological polar surface area (TPSA) is 86.7 Å².